The SMILES string of the molecule is Cc1ccc(C(N)COCCc2ccccc2)cc1C. The lowest BCUT2D eigenvalue weighted by atomic mass is 10.0. The minimum atomic E-state index is -0.0509. The van der Waals surface area contributed by atoms with Crippen molar-refractivity contribution < 1.29 is 4.74 Å². The molecule has 1 unspecified atom stereocenters. The predicted molar refractivity (Wildman–Crippen MR) is 83.8 cm³/mol. The zero-order valence-corrected chi connectivity index (χ0v) is 12.3. The van der Waals surface area contributed by atoms with E-state index in [1.807, 2.05) is 6.07 Å². The van der Waals surface area contributed by atoms with E-state index in [-0.39, 0.29) is 6.04 Å². The maximum Gasteiger partial charge on any atom is 0.0659 e. The molecule has 2 rings (SSSR count). The Hall–Kier alpha value is -1.64. The molecule has 2 N–H and O–H groups in total. The molecule has 0 spiro atoms. The molecule has 0 aromatic heterocycles. The molecule has 0 fully saturated rings. The topological polar surface area (TPSA) is 35.2 Å². The first-order valence-electron chi connectivity index (χ1n) is 7.11. The molecule has 2 aromatic carbocycles. The molecule has 0 aliphatic heterocycles. The molecule has 0 bridgehead atoms. The maximum atomic E-state index is 6.17. The van der Waals surface area contributed by atoms with E-state index in [9.17, 15) is 0 Å². The summed E-state index contributed by atoms with van der Waals surface area (Å²) in [6, 6.07) is 16.7. The number of hydrogen-bond acceptors (Lipinski definition) is 2. The largest absolute Gasteiger partial charge is 0.379 e. The van der Waals surface area contributed by atoms with Crippen molar-refractivity contribution in [1.29, 1.82) is 0 Å². The van der Waals surface area contributed by atoms with Gasteiger partial charge in [-0.15, -0.1) is 0 Å². The van der Waals surface area contributed by atoms with Crippen LogP contribution in [-0.4, -0.2) is 13.2 Å². The van der Waals surface area contributed by atoms with Crippen molar-refractivity contribution in [2.24, 2.45) is 5.73 Å². The van der Waals surface area contributed by atoms with Crippen LogP contribution in [0.25, 0.3) is 0 Å². The van der Waals surface area contributed by atoms with Gasteiger partial charge < -0.3 is 10.5 Å². The summed E-state index contributed by atoms with van der Waals surface area (Å²) >= 11 is 0. The van der Waals surface area contributed by atoms with Gasteiger partial charge in [-0.3, -0.25) is 0 Å². The van der Waals surface area contributed by atoms with Crippen LogP contribution < -0.4 is 5.73 Å². The van der Waals surface area contributed by atoms with E-state index in [1.54, 1.807) is 0 Å². The number of benzene rings is 2. The van der Waals surface area contributed by atoms with Gasteiger partial charge in [0.1, 0.15) is 0 Å². The standard InChI is InChI=1S/C18H23NO/c1-14-8-9-17(12-15(14)2)18(19)13-20-11-10-16-6-4-3-5-7-16/h3-9,12,18H,10-11,13,19H2,1-2H3. The van der Waals surface area contributed by atoms with Crippen LogP contribution in [0.1, 0.15) is 28.3 Å². The van der Waals surface area contributed by atoms with Gasteiger partial charge >= 0.3 is 0 Å². The molecular formula is C18H23NO. The zero-order valence-electron chi connectivity index (χ0n) is 12.3. The first kappa shape index (κ1) is 14.8. The van der Waals surface area contributed by atoms with Crippen LogP contribution in [0.3, 0.4) is 0 Å². The van der Waals surface area contributed by atoms with E-state index in [2.05, 4.69) is 56.3 Å². The Morgan fingerprint density at radius 2 is 1.75 bits per heavy atom. The van der Waals surface area contributed by atoms with Gasteiger partial charge in [-0.05, 0) is 42.5 Å². The summed E-state index contributed by atoms with van der Waals surface area (Å²) < 4.78 is 5.70. The molecule has 0 heterocycles. The molecule has 106 valence electrons. The number of hydrogen-bond donors (Lipinski definition) is 1. The Morgan fingerprint density at radius 1 is 1.00 bits per heavy atom. The van der Waals surface area contributed by atoms with Gasteiger partial charge in [-0.25, -0.2) is 0 Å². The number of rotatable bonds is 6. The third-order valence-electron chi connectivity index (χ3n) is 3.63. The number of aryl methyl sites for hydroxylation is 2. The van der Waals surface area contributed by atoms with Crippen LogP contribution in [0.15, 0.2) is 48.5 Å². The van der Waals surface area contributed by atoms with Gasteiger partial charge in [0.25, 0.3) is 0 Å². The normalized spacial score (nSPS) is 12.3. The lowest BCUT2D eigenvalue weighted by molar-refractivity contribution is 0.124. The predicted octanol–water partition coefficient (Wildman–Crippen LogP) is 3.56. The van der Waals surface area contributed by atoms with Crippen LogP contribution >= 0.6 is 0 Å². The van der Waals surface area contributed by atoms with E-state index in [0.717, 1.165) is 12.0 Å². The van der Waals surface area contributed by atoms with Crippen LogP contribution in [0, 0.1) is 13.8 Å². The Labute approximate surface area is 121 Å². The summed E-state index contributed by atoms with van der Waals surface area (Å²) in [6.45, 7) is 5.50. The maximum absolute atomic E-state index is 6.17. The molecule has 2 heteroatoms. The monoisotopic (exact) mass is 269 g/mol. The lowest BCUT2D eigenvalue weighted by Gasteiger charge is -2.14. The smallest absolute Gasteiger partial charge is 0.0659 e. The first-order valence-corrected chi connectivity index (χ1v) is 7.11. The third kappa shape index (κ3) is 4.19. The number of nitrogens with two attached hydrogens (primary N) is 1. The minimum absolute atomic E-state index is 0.0509. The van der Waals surface area contributed by atoms with E-state index < -0.39 is 0 Å². The highest BCUT2D eigenvalue weighted by atomic mass is 16.5. The van der Waals surface area contributed by atoms with E-state index in [1.165, 1.54) is 16.7 Å². The van der Waals surface area contributed by atoms with Crippen LogP contribution in [-0.2, 0) is 11.2 Å². The van der Waals surface area contributed by atoms with Crippen LogP contribution in [0.5, 0.6) is 0 Å². The zero-order chi connectivity index (χ0) is 14.4. The quantitative estimate of drug-likeness (QED) is 0.814. The second-order valence-corrected chi connectivity index (χ2v) is 5.26. The van der Waals surface area contributed by atoms with Crippen LogP contribution in [0.4, 0.5) is 0 Å². The summed E-state index contributed by atoms with van der Waals surface area (Å²) in [5.41, 5.74) is 11.2. The molecule has 2 nitrogen and oxygen atoms in total. The van der Waals surface area contributed by atoms with E-state index in [0.29, 0.717) is 13.2 Å². The van der Waals surface area contributed by atoms with Crippen molar-refractivity contribution in [1.82, 2.24) is 0 Å². The van der Waals surface area contributed by atoms with Crippen LogP contribution in [0.2, 0.25) is 0 Å². The lowest BCUT2D eigenvalue weighted by Crippen LogP contribution is -2.18. The number of ether oxygens (including phenoxy) is 1. The van der Waals surface area contributed by atoms with Crippen molar-refractivity contribution in [2.45, 2.75) is 26.3 Å². The highest BCUT2D eigenvalue weighted by molar-refractivity contribution is 5.31. The Kier molecular flexibility index (Phi) is 5.33. The second kappa shape index (κ2) is 7.22. The fourth-order valence-electron chi connectivity index (χ4n) is 2.14. The summed E-state index contributed by atoms with van der Waals surface area (Å²) in [7, 11) is 0. The van der Waals surface area contributed by atoms with Gasteiger partial charge in [0, 0.05) is 0 Å². The molecule has 0 amide bonds. The molecule has 0 saturated heterocycles. The molecule has 0 radical (unpaired) electrons. The molecular weight excluding hydrogens is 246 g/mol. The van der Waals surface area contributed by atoms with E-state index in [4.69, 9.17) is 10.5 Å². The molecule has 1 atom stereocenters. The second-order valence-electron chi connectivity index (χ2n) is 5.26. The summed E-state index contributed by atoms with van der Waals surface area (Å²) in [6.07, 6.45) is 0.931. The van der Waals surface area contributed by atoms with Crippen molar-refractivity contribution in [3.63, 3.8) is 0 Å². The van der Waals surface area contributed by atoms with Gasteiger partial charge in [0.15, 0.2) is 0 Å². The Morgan fingerprint density at radius 3 is 2.45 bits per heavy atom. The highest BCUT2D eigenvalue weighted by Gasteiger charge is 2.07. The van der Waals surface area contributed by atoms with Crippen molar-refractivity contribution in [3.05, 3.63) is 70.8 Å². The summed E-state index contributed by atoms with van der Waals surface area (Å²) in [5, 5.41) is 0. The molecule has 0 aliphatic carbocycles. The molecule has 0 aliphatic rings. The van der Waals surface area contributed by atoms with Gasteiger partial charge in [-0.1, -0.05) is 48.5 Å². The average molecular weight is 269 g/mol. The van der Waals surface area contributed by atoms with Gasteiger partial charge in [-0.2, -0.15) is 0 Å². The average Bonchev–Trinajstić information content (AvgIpc) is 2.47. The molecule has 0 saturated carbocycles. The minimum Gasteiger partial charge on any atom is -0.379 e. The Balaban J connectivity index is 1.77. The third-order valence-corrected chi connectivity index (χ3v) is 3.63. The van der Waals surface area contributed by atoms with Crippen molar-refractivity contribution >= 4 is 0 Å². The highest BCUT2D eigenvalue weighted by Crippen LogP contribution is 2.15. The fourth-order valence-corrected chi connectivity index (χ4v) is 2.14. The molecule has 2 aromatic rings. The van der Waals surface area contributed by atoms with Crippen molar-refractivity contribution in [3.8, 4) is 0 Å². The van der Waals surface area contributed by atoms with Gasteiger partial charge in [0.05, 0.1) is 19.3 Å². The summed E-state index contributed by atoms with van der Waals surface area (Å²) in [5.74, 6) is 0. The fraction of sp³-hybridized carbons (Fsp3) is 0.333. The van der Waals surface area contributed by atoms with Crippen molar-refractivity contribution in [2.75, 3.05) is 13.2 Å². The van der Waals surface area contributed by atoms with E-state index >= 15 is 0 Å². The Bertz CT molecular complexity index is 536. The first-order chi connectivity index (χ1) is 9.66. The molecule has 20 heavy (non-hydrogen) atoms. The van der Waals surface area contributed by atoms with Gasteiger partial charge in [0.2, 0.25) is 0 Å². The summed E-state index contributed by atoms with van der Waals surface area (Å²) in [4.78, 5) is 0.